The molecule has 0 spiro atoms. The summed E-state index contributed by atoms with van der Waals surface area (Å²) in [6, 6.07) is 4.99. The number of hydrogen-bond donors (Lipinski definition) is 2. The molecule has 1 saturated heterocycles. The minimum Gasteiger partial charge on any atom is -0.322 e. The second kappa shape index (κ2) is 4.94. The van der Waals surface area contributed by atoms with Gasteiger partial charge in [0.1, 0.15) is 6.04 Å². The van der Waals surface area contributed by atoms with E-state index in [1.54, 1.807) is 11.0 Å². The molecule has 1 aromatic rings. The third-order valence-corrected chi connectivity index (χ3v) is 4.19. The van der Waals surface area contributed by atoms with E-state index in [0.717, 1.165) is 11.1 Å². The van der Waals surface area contributed by atoms with Gasteiger partial charge in [-0.3, -0.25) is 19.7 Å². The van der Waals surface area contributed by atoms with Crippen LogP contribution < -0.4 is 5.32 Å². The van der Waals surface area contributed by atoms with Crippen molar-refractivity contribution in [1.29, 1.82) is 0 Å². The maximum atomic E-state index is 12.4. The summed E-state index contributed by atoms with van der Waals surface area (Å²) in [6.45, 7) is 0.414. The number of benzene rings is 1. The maximum absolute atomic E-state index is 12.4. The number of carbonyl (C=O) groups is 3. The summed E-state index contributed by atoms with van der Waals surface area (Å²) in [5.74, 6) is -0.237. The Labute approximate surface area is 121 Å². The van der Waals surface area contributed by atoms with Crippen LogP contribution in [0.25, 0.3) is 0 Å². The molecule has 3 rings (SSSR count). The van der Waals surface area contributed by atoms with E-state index in [9.17, 15) is 14.4 Å². The van der Waals surface area contributed by atoms with Crippen LogP contribution in [0.4, 0.5) is 0 Å². The Morgan fingerprint density at radius 3 is 2.80 bits per heavy atom. The van der Waals surface area contributed by atoms with Crippen molar-refractivity contribution in [3.63, 3.8) is 0 Å². The Morgan fingerprint density at radius 1 is 1.30 bits per heavy atom. The lowest BCUT2D eigenvalue weighted by molar-refractivity contribution is -0.136. The van der Waals surface area contributed by atoms with Gasteiger partial charge >= 0.3 is 0 Å². The molecule has 0 radical (unpaired) electrons. The quantitative estimate of drug-likeness (QED) is 0.627. The predicted octanol–water partition coefficient (Wildman–Crippen LogP) is 0.877. The first kappa shape index (κ1) is 13.2. The van der Waals surface area contributed by atoms with Gasteiger partial charge in [-0.05, 0) is 23.6 Å². The molecule has 1 fully saturated rings. The van der Waals surface area contributed by atoms with E-state index in [1.807, 2.05) is 12.1 Å². The second-order valence-corrected chi connectivity index (χ2v) is 5.32. The van der Waals surface area contributed by atoms with Gasteiger partial charge in [0.25, 0.3) is 5.91 Å². The summed E-state index contributed by atoms with van der Waals surface area (Å²) >= 11 is 4.27. The van der Waals surface area contributed by atoms with Crippen molar-refractivity contribution < 1.29 is 14.4 Å². The molecular weight excluding hydrogens is 276 g/mol. The number of thiol groups is 1. The van der Waals surface area contributed by atoms with Crippen molar-refractivity contribution in [2.24, 2.45) is 0 Å². The van der Waals surface area contributed by atoms with E-state index >= 15 is 0 Å². The van der Waals surface area contributed by atoms with Gasteiger partial charge in [0, 0.05) is 24.3 Å². The minimum atomic E-state index is -0.555. The van der Waals surface area contributed by atoms with Crippen LogP contribution in [0.15, 0.2) is 18.2 Å². The molecule has 0 aliphatic carbocycles. The lowest BCUT2D eigenvalue weighted by Crippen LogP contribution is -2.52. The highest BCUT2D eigenvalue weighted by atomic mass is 32.1. The van der Waals surface area contributed by atoms with E-state index in [0.29, 0.717) is 24.3 Å². The highest BCUT2D eigenvalue weighted by Crippen LogP contribution is 2.30. The fourth-order valence-electron chi connectivity index (χ4n) is 2.80. The molecule has 1 N–H and O–H groups in total. The van der Waals surface area contributed by atoms with Gasteiger partial charge in [0.2, 0.25) is 11.8 Å². The zero-order valence-corrected chi connectivity index (χ0v) is 11.7. The minimum absolute atomic E-state index is 0.141. The number of hydrogen-bond acceptors (Lipinski definition) is 4. The molecule has 104 valence electrons. The fourth-order valence-corrected chi connectivity index (χ4v) is 3.09. The Morgan fingerprint density at radius 2 is 2.10 bits per heavy atom. The van der Waals surface area contributed by atoms with Gasteiger partial charge in [0.05, 0.1) is 0 Å². The molecule has 20 heavy (non-hydrogen) atoms. The number of imide groups is 1. The predicted molar refractivity (Wildman–Crippen MR) is 75.2 cm³/mol. The van der Waals surface area contributed by atoms with E-state index < -0.39 is 6.04 Å². The number of nitrogens with zero attached hydrogens (tertiary/aromatic N) is 1. The number of carbonyl (C=O) groups excluding carboxylic acids is 3. The van der Waals surface area contributed by atoms with Crippen LogP contribution in [-0.4, -0.2) is 28.7 Å². The Hall–Kier alpha value is -1.82. The summed E-state index contributed by atoms with van der Waals surface area (Å²) < 4.78 is 0. The van der Waals surface area contributed by atoms with E-state index in [2.05, 4.69) is 17.9 Å². The van der Waals surface area contributed by atoms with Gasteiger partial charge in [-0.1, -0.05) is 12.1 Å². The van der Waals surface area contributed by atoms with Gasteiger partial charge in [-0.2, -0.15) is 12.6 Å². The van der Waals surface area contributed by atoms with Gasteiger partial charge in [-0.25, -0.2) is 0 Å². The number of fused-ring (bicyclic) bond motifs is 1. The standard InChI is InChI=1S/C14H14N2O3S/c17-12-5-4-11(13(18)15-12)16-6-10-8(7-20)2-1-3-9(10)14(16)19/h1-3,11,20H,4-7H2,(H,15,17,18)/t11-/m1/s1. The second-order valence-electron chi connectivity index (χ2n) is 5.00. The SMILES string of the molecule is O=C1CC[C@@H](N2Cc3c(CS)cccc3C2=O)C(=O)N1. The Kier molecular flexibility index (Phi) is 3.25. The fraction of sp³-hybridized carbons (Fsp3) is 0.357. The molecule has 0 unspecified atom stereocenters. The maximum Gasteiger partial charge on any atom is 0.255 e. The van der Waals surface area contributed by atoms with Crippen molar-refractivity contribution in [1.82, 2.24) is 10.2 Å². The molecule has 2 aliphatic heterocycles. The average molecular weight is 290 g/mol. The van der Waals surface area contributed by atoms with Crippen molar-refractivity contribution in [3.8, 4) is 0 Å². The molecule has 6 heteroatoms. The van der Waals surface area contributed by atoms with Crippen LogP contribution in [0.5, 0.6) is 0 Å². The van der Waals surface area contributed by atoms with Gasteiger partial charge < -0.3 is 4.90 Å². The molecule has 0 bridgehead atoms. The number of nitrogens with one attached hydrogen (secondary N) is 1. The summed E-state index contributed by atoms with van der Waals surface area (Å²) in [5.41, 5.74) is 2.59. The van der Waals surface area contributed by atoms with Crippen LogP contribution >= 0.6 is 12.6 Å². The first-order chi connectivity index (χ1) is 9.61. The van der Waals surface area contributed by atoms with Gasteiger partial charge in [-0.15, -0.1) is 0 Å². The van der Waals surface area contributed by atoms with Crippen LogP contribution in [0.3, 0.4) is 0 Å². The summed E-state index contributed by atoms with van der Waals surface area (Å²) in [5, 5.41) is 2.30. The lowest BCUT2D eigenvalue weighted by atomic mass is 10.0. The normalized spacial score (nSPS) is 21.9. The lowest BCUT2D eigenvalue weighted by Gasteiger charge is -2.29. The highest BCUT2D eigenvalue weighted by Gasteiger charge is 2.39. The summed E-state index contributed by atoms with van der Waals surface area (Å²) in [7, 11) is 0. The van der Waals surface area contributed by atoms with Crippen LogP contribution in [0, 0.1) is 0 Å². The Balaban J connectivity index is 1.90. The Bertz CT molecular complexity index is 614. The van der Waals surface area contributed by atoms with E-state index in [1.165, 1.54) is 0 Å². The molecule has 3 amide bonds. The van der Waals surface area contributed by atoms with Crippen molar-refractivity contribution in [2.75, 3.05) is 0 Å². The summed E-state index contributed by atoms with van der Waals surface area (Å²) in [4.78, 5) is 37.1. The van der Waals surface area contributed by atoms with Crippen LogP contribution in [0.2, 0.25) is 0 Å². The number of rotatable bonds is 2. The molecule has 1 aromatic carbocycles. The number of piperidine rings is 1. The average Bonchev–Trinajstić information content (AvgIpc) is 2.76. The molecule has 2 heterocycles. The number of amides is 3. The molecule has 1 atom stereocenters. The van der Waals surface area contributed by atoms with Crippen molar-refractivity contribution in [2.45, 2.75) is 31.2 Å². The first-order valence-corrected chi connectivity index (χ1v) is 7.11. The van der Waals surface area contributed by atoms with Crippen LogP contribution in [-0.2, 0) is 21.9 Å². The van der Waals surface area contributed by atoms with Crippen molar-refractivity contribution >= 4 is 30.4 Å². The largest absolute Gasteiger partial charge is 0.322 e. The van der Waals surface area contributed by atoms with E-state index in [-0.39, 0.29) is 24.1 Å². The monoisotopic (exact) mass is 290 g/mol. The third kappa shape index (κ3) is 2.00. The van der Waals surface area contributed by atoms with Crippen molar-refractivity contribution in [3.05, 3.63) is 34.9 Å². The highest BCUT2D eigenvalue weighted by molar-refractivity contribution is 7.79. The zero-order chi connectivity index (χ0) is 14.3. The molecule has 0 aromatic heterocycles. The third-order valence-electron chi connectivity index (χ3n) is 3.85. The molecule has 2 aliphatic rings. The first-order valence-electron chi connectivity index (χ1n) is 6.48. The smallest absolute Gasteiger partial charge is 0.255 e. The van der Waals surface area contributed by atoms with Gasteiger partial charge in [0.15, 0.2) is 0 Å². The molecule has 0 saturated carbocycles. The summed E-state index contributed by atoms with van der Waals surface area (Å²) in [6.07, 6.45) is 0.663. The topological polar surface area (TPSA) is 66.5 Å². The zero-order valence-electron chi connectivity index (χ0n) is 10.8. The molecular formula is C14H14N2O3S. The van der Waals surface area contributed by atoms with Crippen LogP contribution in [0.1, 0.15) is 34.3 Å². The van der Waals surface area contributed by atoms with E-state index in [4.69, 9.17) is 0 Å². The molecule has 5 nitrogen and oxygen atoms in total.